The van der Waals surface area contributed by atoms with E-state index in [0.717, 1.165) is 19.0 Å². The lowest BCUT2D eigenvalue weighted by Gasteiger charge is -2.37. The van der Waals surface area contributed by atoms with Crippen molar-refractivity contribution < 1.29 is 4.74 Å². The van der Waals surface area contributed by atoms with E-state index in [1.54, 1.807) is 0 Å². The van der Waals surface area contributed by atoms with Gasteiger partial charge in [0.2, 0.25) is 0 Å². The Hall–Kier alpha value is -0.860. The Labute approximate surface area is 103 Å². The molecule has 0 radical (unpaired) electrons. The Morgan fingerprint density at radius 1 is 1.18 bits per heavy atom. The van der Waals surface area contributed by atoms with E-state index in [9.17, 15) is 0 Å². The highest BCUT2D eigenvalue weighted by Crippen LogP contribution is 2.44. The molecule has 2 aliphatic rings. The molecule has 2 nitrogen and oxygen atoms in total. The maximum atomic E-state index is 6.22. The van der Waals surface area contributed by atoms with Crippen LogP contribution in [0.4, 0.5) is 0 Å². The maximum Gasteiger partial charge on any atom is 0.0959 e. The van der Waals surface area contributed by atoms with Crippen molar-refractivity contribution in [3.05, 3.63) is 35.4 Å². The van der Waals surface area contributed by atoms with Gasteiger partial charge >= 0.3 is 0 Å². The molecule has 1 aromatic carbocycles. The molecule has 1 saturated heterocycles. The van der Waals surface area contributed by atoms with Crippen LogP contribution in [0.3, 0.4) is 0 Å². The van der Waals surface area contributed by atoms with Gasteiger partial charge in [-0.25, -0.2) is 0 Å². The van der Waals surface area contributed by atoms with Crippen LogP contribution in [0.2, 0.25) is 0 Å². The van der Waals surface area contributed by atoms with Crippen LogP contribution in [0.1, 0.15) is 49.8 Å². The summed E-state index contributed by atoms with van der Waals surface area (Å²) in [5, 5.41) is 3.49. The summed E-state index contributed by atoms with van der Waals surface area (Å²) < 4.78 is 6.22. The number of hydrogen-bond acceptors (Lipinski definition) is 2. The number of morpholine rings is 1. The first-order valence-corrected chi connectivity index (χ1v) is 6.63. The van der Waals surface area contributed by atoms with Gasteiger partial charge in [-0.05, 0) is 43.7 Å². The highest BCUT2D eigenvalue weighted by Gasteiger charge is 2.33. The smallest absolute Gasteiger partial charge is 0.0959 e. The summed E-state index contributed by atoms with van der Waals surface area (Å²) in [6.45, 7) is 6.19. The average molecular weight is 231 g/mol. The third kappa shape index (κ3) is 2.38. The summed E-state index contributed by atoms with van der Waals surface area (Å²) in [6.07, 6.45) is 2.91. The molecule has 1 aliphatic carbocycles. The van der Waals surface area contributed by atoms with Gasteiger partial charge in [0.05, 0.1) is 11.7 Å². The molecular formula is C15H21NO. The van der Waals surface area contributed by atoms with E-state index in [2.05, 4.69) is 43.4 Å². The molecule has 1 heterocycles. The molecule has 0 amide bonds. The minimum absolute atomic E-state index is 0.0560. The quantitative estimate of drug-likeness (QED) is 0.845. The molecule has 0 spiro atoms. The highest BCUT2D eigenvalue weighted by molar-refractivity contribution is 5.35. The normalized spacial score (nSPS) is 28.0. The fourth-order valence-corrected chi connectivity index (χ4v) is 2.72. The van der Waals surface area contributed by atoms with Crippen molar-refractivity contribution in [2.45, 2.75) is 44.3 Å². The van der Waals surface area contributed by atoms with Crippen LogP contribution in [0, 0.1) is 0 Å². The third-order valence-electron chi connectivity index (χ3n) is 3.70. The van der Waals surface area contributed by atoms with Crippen LogP contribution >= 0.6 is 0 Å². The molecule has 0 bridgehead atoms. The van der Waals surface area contributed by atoms with Gasteiger partial charge in [-0.2, -0.15) is 0 Å². The molecule has 2 heteroatoms. The topological polar surface area (TPSA) is 21.3 Å². The molecule has 17 heavy (non-hydrogen) atoms. The van der Waals surface area contributed by atoms with Gasteiger partial charge in [0.25, 0.3) is 0 Å². The average Bonchev–Trinajstić information content (AvgIpc) is 3.11. The summed E-state index contributed by atoms with van der Waals surface area (Å²) >= 11 is 0. The molecule has 92 valence electrons. The van der Waals surface area contributed by atoms with Crippen molar-refractivity contribution in [3.63, 3.8) is 0 Å². The van der Waals surface area contributed by atoms with Crippen LogP contribution in [0.5, 0.6) is 0 Å². The molecule has 1 aliphatic heterocycles. The Balaban J connectivity index is 1.87. The first-order chi connectivity index (χ1) is 8.16. The molecule has 0 aromatic heterocycles. The Morgan fingerprint density at radius 3 is 2.53 bits per heavy atom. The summed E-state index contributed by atoms with van der Waals surface area (Å²) in [5.74, 6) is 0.792. The van der Waals surface area contributed by atoms with Crippen LogP contribution in [0.15, 0.2) is 24.3 Å². The van der Waals surface area contributed by atoms with Gasteiger partial charge < -0.3 is 10.1 Å². The van der Waals surface area contributed by atoms with Gasteiger partial charge in [0, 0.05) is 13.1 Å². The first kappa shape index (κ1) is 11.2. The Kier molecular flexibility index (Phi) is 2.72. The van der Waals surface area contributed by atoms with Gasteiger partial charge in [-0.15, -0.1) is 0 Å². The van der Waals surface area contributed by atoms with Crippen LogP contribution in [-0.4, -0.2) is 18.7 Å². The van der Waals surface area contributed by atoms with Crippen molar-refractivity contribution in [3.8, 4) is 0 Å². The van der Waals surface area contributed by atoms with E-state index in [1.165, 1.54) is 24.0 Å². The fraction of sp³-hybridized carbons (Fsp3) is 0.600. The summed E-state index contributed by atoms with van der Waals surface area (Å²) in [5.41, 5.74) is 2.85. The first-order valence-electron chi connectivity index (χ1n) is 6.63. The summed E-state index contributed by atoms with van der Waals surface area (Å²) in [7, 11) is 0. The van der Waals surface area contributed by atoms with Crippen LogP contribution < -0.4 is 5.32 Å². The van der Waals surface area contributed by atoms with Crippen molar-refractivity contribution in [1.29, 1.82) is 0 Å². The van der Waals surface area contributed by atoms with Crippen molar-refractivity contribution in [1.82, 2.24) is 5.32 Å². The van der Waals surface area contributed by atoms with Gasteiger partial charge in [-0.1, -0.05) is 24.3 Å². The summed E-state index contributed by atoms with van der Waals surface area (Å²) in [6, 6.07) is 8.80. The minimum Gasteiger partial charge on any atom is -0.365 e. The van der Waals surface area contributed by atoms with E-state index in [4.69, 9.17) is 4.74 Å². The highest BCUT2D eigenvalue weighted by atomic mass is 16.5. The lowest BCUT2D eigenvalue weighted by Crippen LogP contribution is -2.47. The number of rotatable bonds is 2. The molecule has 1 saturated carbocycles. The third-order valence-corrected chi connectivity index (χ3v) is 3.70. The zero-order valence-corrected chi connectivity index (χ0v) is 10.7. The summed E-state index contributed by atoms with van der Waals surface area (Å²) in [4.78, 5) is 0. The fourth-order valence-electron chi connectivity index (χ4n) is 2.72. The largest absolute Gasteiger partial charge is 0.365 e. The maximum absolute atomic E-state index is 6.22. The SMILES string of the molecule is CC1(C)CNCC(c2ccccc2C2CC2)O1. The number of nitrogens with one attached hydrogen (secondary N) is 1. The number of hydrogen-bond donors (Lipinski definition) is 1. The van der Waals surface area contributed by atoms with E-state index in [0.29, 0.717) is 0 Å². The monoisotopic (exact) mass is 231 g/mol. The van der Waals surface area contributed by atoms with Gasteiger partial charge in [0.15, 0.2) is 0 Å². The van der Waals surface area contributed by atoms with Crippen molar-refractivity contribution >= 4 is 0 Å². The predicted octanol–water partition coefficient (Wildman–Crippen LogP) is 3.00. The second kappa shape index (κ2) is 4.11. The molecule has 1 unspecified atom stereocenters. The van der Waals surface area contributed by atoms with Gasteiger partial charge in [-0.3, -0.25) is 0 Å². The van der Waals surface area contributed by atoms with E-state index in [1.807, 2.05) is 0 Å². The zero-order valence-electron chi connectivity index (χ0n) is 10.7. The van der Waals surface area contributed by atoms with Crippen molar-refractivity contribution in [2.75, 3.05) is 13.1 Å². The number of benzene rings is 1. The predicted molar refractivity (Wildman–Crippen MR) is 69.2 cm³/mol. The molecular weight excluding hydrogens is 210 g/mol. The van der Waals surface area contributed by atoms with Crippen molar-refractivity contribution in [2.24, 2.45) is 0 Å². The number of ether oxygens (including phenoxy) is 1. The lowest BCUT2D eigenvalue weighted by atomic mass is 9.96. The second-order valence-electron chi connectivity index (χ2n) is 5.90. The molecule has 1 N–H and O–H groups in total. The van der Waals surface area contributed by atoms with Crippen LogP contribution in [0.25, 0.3) is 0 Å². The van der Waals surface area contributed by atoms with Crippen LogP contribution in [-0.2, 0) is 4.74 Å². The van der Waals surface area contributed by atoms with E-state index in [-0.39, 0.29) is 11.7 Å². The zero-order chi connectivity index (χ0) is 11.9. The Morgan fingerprint density at radius 2 is 1.88 bits per heavy atom. The second-order valence-corrected chi connectivity index (χ2v) is 5.90. The Bertz CT molecular complexity index is 409. The molecule has 2 fully saturated rings. The standard InChI is InChI=1S/C15H21NO/c1-15(2)10-16-9-14(17-15)13-6-4-3-5-12(13)11-7-8-11/h3-6,11,14,16H,7-10H2,1-2H3. The molecule has 3 rings (SSSR count). The molecule has 1 aromatic rings. The molecule has 1 atom stereocenters. The van der Waals surface area contributed by atoms with Gasteiger partial charge in [0.1, 0.15) is 0 Å². The minimum atomic E-state index is -0.0560. The van der Waals surface area contributed by atoms with E-state index < -0.39 is 0 Å². The van der Waals surface area contributed by atoms with E-state index >= 15 is 0 Å². The lowest BCUT2D eigenvalue weighted by molar-refractivity contribution is -0.0961.